The normalized spacial score (nSPS) is 17.7. The van der Waals surface area contributed by atoms with Gasteiger partial charge < -0.3 is 9.80 Å². The van der Waals surface area contributed by atoms with Crippen LogP contribution in [0.4, 0.5) is 0 Å². The van der Waals surface area contributed by atoms with Crippen LogP contribution in [0.3, 0.4) is 0 Å². The maximum atomic E-state index is 3.87. The van der Waals surface area contributed by atoms with Crippen LogP contribution < -0.4 is 0 Å². The summed E-state index contributed by atoms with van der Waals surface area (Å²) in [5, 5.41) is 0. The molecule has 1 rings (SSSR count). The fraction of sp³-hybridized carbons (Fsp3) is 0.789. The second-order valence-electron chi connectivity index (χ2n) is 6.39. The van der Waals surface area contributed by atoms with E-state index in [1.807, 2.05) is 6.08 Å². The van der Waals surface area contributed by atoms with Gasteiger partial charge in [0.25, 0.3) is 0 Å². The Kier molecular flexibility index (Phi) is 10.1. The maximum absolute atomic E-state index is 3.87. The zero-order valence-corrected chi connectivity index (χ0v) is 14.4. The van der Waals surface area contributed by atoms with Crippen molar-refractivity contribution in [3.63, 3.8) is 0 Å². The van der Waals surface area contributed by atoms with Gasteiger partial charge in [0.15, 0.2) is 0 Å². The molecule has 0 N–H and O–H groups in total. The molecule has 0 aliphatic carbocycles. The molecule has 21 heavy (non-hydrogen) atoms. The van der Waals surface area contributed by atoms with Gasteiger partial charge in [-0.15, -0.1) is 6.58 Å². The van der Waals surface area contributed by atoms with E-state index in [4.69, 9.17) is 0 Å². The van der Waals surface area contributed by atoms with E-state index in [2.05, 4.69) is 42.8 Å². The summed E-state index contributed by atoms with van der Waals surface area (Å²) in [7, 11) is 2.16. The van der Waals surface area contributed by atoms with Crippen LogP contribution in [0.25, 0.3) is 0 Å². The lowest BCUT2D eigenvalue weighted by Gasteiger charge is -2.29. The van der Waals surface area contributed by atoms with E-state index in [0.717, 1.165) is 6.42 Å². The van der Waals surface area contributed by atoms with Crippen molar-refractivity contribution in [2.75, 3.05) is 13.6 Å². The van der Waals surface area contributed by atoms with Crippen molar-refractivity contribution in [2.45, 2.75) is 83.7 Å². The van der Waals surface area contributed by atoms with Crippen LogP contribution in [0.5, 0.6) is 0 Å². The Labute approximate surface area is 132 Å². The summed E-state index contributed by atoms with van der Waals surface area (Å²) in [6.45, 7) is 7.34. The van der Waals surface area contributed by atoms with Crippen molar-refractivity contribution in [3.8, 4) is 0 Å². The van der Waals surface area contributed by atoms with Gasteiger partial charge in [-0.2, -0.15) is 0 Å². The lowest BCUT2D eigenvalue weighted by atomic mass is 10.1. The molecule has 1 heterocycles. The van der Waals surface area contributed by atoms with E-state index < -0.39 is 0 Å². The molecular weight excluding hydrogens is 256 g/mol. The summed E-state index contributed by atoms with van der Waals surface area (Å²) in [5.41, 5.74) is 0. The molecule has 2 heteroatoms. The van der Waals surface area contributed by atoms with Gasteiger partial charge in [-0.3, -0.25) is 0 Å². The molecule has 1 aliphatic rings. The fourth-order valence-corrected chi connectivity index (χ4v) is 3.08. The van der Waals surface area contributed by atoms with E-state index >= 15 is 0 Å². The fourth-order valence-electron chi connectivity index (χ4n) is 3.08. The Hall–Kier alpha value is -0.920. The molecule has 2 nitrogen and oxygen atoms in total. The van der Waals surface area contributed by atoms with E-state index in [9.17, 15) is 0 Å². The molecule has 0 aromatic heterocycles. The minimum absolute atomic E-state index is 0.501. The van der Waals surface area contributed by atoms with Crippen LogP contribution in [0.1, 0.15) is 77.6 Å². The van der Waals surface area contributed by atoms with E-state index in [0.29, 0.717) is 6.17 Å². The first kappa shape index (κ1) is 18.1. The third-order valence-electron chi connectivity index (χ3n) is 4.49. The van der Waals surface area contributed by atoms with Crippen LogP contribution in [-0.2, 0) is 0 Å². The van der Waals surface area contributed by atoms with Crippen LogP contribution in [0.2, 0.25) is 0 Å². The SMILES string of the molecule is C=CCC1N(C)C=CN1CCCCCCCCCCCC. The highest BCUT2D eigenvalue weighted by molar-refractivity contribution is 4.97. The molecule has 0 aromatic rings. The average Bonchev–Trinajstić information content (AvgIpc) is 2.83. The predicted octanol–water partition coefficient (Wildman–Crippen LogP) is 5.53. The summed E-state index contributed by atoms with van der Waals surface area (Å²) >= 11 is 0. The number of rotatable bonds is 13. The molecule has 122 valence electrons. The molecule has 0 bridgehead atoms. The molecule has 0 saturated carbocycles. The summed E-state index contributed by atoms with van der Waals surface area (Å²) in [5.74, 6) is 0. The van der Waals surface area contributed by atoms with Gasteiger partial charge in [-0.05, 0) is 6.42 Å². The first-order chi connectivity index (χ1) is 10.3. The average molecular weight is 293 g/mol. The lowest BCUT2D eigenvalue weighted by molar-refractivity contribution is 0.176. The van der Waals surface area contributed by atoms with E-state index in [1.54, 1.807) is 0 Å². The topological polar surface area (TPSA) is 6.48 Å². The van der Waals surface area contributed by atoms with Crippen LogP contribution in [0.15, 0.2) is 25.1 Å². The first-order valence-corrected chi connectivity index (χ1v) is 9.06. The minimum Gasteiger partial charge on any atom is -0.359 e. The number of hydrogen-bond acceptors (Lipinski definition) is 2. The summed E-state index contributed by atoms with van der Waals surface area (Å²) in [6.07, 6.45) is 22.1. The summed E-state index contributed by atoms with van der Waals surface area (Å²) in [4.78, 5) is 4.75. The zero-order chi connectivity index (χ0) is 15.3. The summed E-state index contributed by atoms with van der Waals surface area (Å²) in [6, 6.07) is 0. The number of unbranched alkanes of at least 4 members (excludes halogenated alkanes) is 9. The molecule has 1 aliphatic heterocycles. The Bertz CT molecular complexity index is 285. The van der Waals surface area contributed by atoms with Gasteiger partial charge in [-0.25, -0.2) is 0 Å². The molecule has 0 spiro atoms. The van der Waals surface area contributed by atoms with Gasteiger partial charge in [0.05, 0.1) is 0 Å². The molecule has 1 atom stereocenters. The van der Waals surface area contributed by atoms with Gasteiger partial charge in [0, 0.05) is 32.4 Å². The van der Waals surface area contributed by atoms with Crippen molar-refractivity contribution in [1.82, 2.24) is 9.80 Å². The first-order valence-electron chi connectivity index (χ1n) is 9.06. The highest BCUT2D eigenvalue weighted by Crippen LogP contribution is 2.18. The van der Waals surface area contributed by atoms with Gasteiger partial charge in [0.2, 0.25) is 0 Å². The minimum atomic E-state index is 0.501. The summed E-state index contributed by atoms with van der Waals surface area (Å²) < 4.78 is 0. The second-order valence-corrected chi connectivity index (χ2v) is 6.39. The van der Waals surface area contributed by atoms with Crippen molar-refractivity contribution < 1.29 is 0 Å². The van der Waals surface area contributed by atoms with Gasteiger partial charge in [-0.1, -0.05) is 70.8 Å². The predicted molar refractivity (Wildman–Crippen MR) is 94.1 cm³/mol. The van der Waals surface area contributed by atoms with Gasteiger partial charge >= 0.3 is 0 Å². The van der Waals surface area contributed by atoms with Crippen molar-refractivity contribution >= 4 is 0 Å². The number of hydrogen-bond donors (Lipinski definition) is 0. The Morgan fingerprint density at radius 3 is 2.05 bits per heavy atom. The Balaban J connectivity index is 1.94. The molecule has 0 fully saturated rings. The zero-order valence-electron chi connectivity index (χ0n) is 14.4. The molecule has 0 aromatic carbocycles. The Morgan fingerprint density at radius 2 is 1.48 bits per heavy atom. The standard InChI is InChI=1S/C19H36N2/c1-4-6-7-8-9-10-11-12-13-14-16-21-18-17-20(3)19(21)15-5-2/h5,17-19H,2,4,6-16H2,1,3H3. The molecule has 0 amide bonds. The highest BCUT2D eigenvalue weighted by Gasteiger charge is 2.21. The monoisotopic (exact) mass is 292 g/mol. The van der Waals surface area contributed by atoms with Crippen molar-refractivity contribution in [1.29, 1.82) is 0 Å². The smallest absolute Gasteiger partial charge is 0.104 e. The molecular formula is C19H36N2. The molecule has 0 saturated heterocycles. The van der Waals surface area contributed by atoms with Crippen molar-refractivity contribution in [3.05, 3.63) is 25.1 Å². The largest absolute Gasteiger partial charge is 0.359 e. The Morgan fingerprint density at radius 1 is 0.905 bits per heavy atom. The lowest BCUT2D eigenvalue weighted by Crippen LogP contribution is -2.36. The maximum Gasteiger partial charge on any atom is 0.104 e. The van der Waals surface area contributed by atoms with E-state index in [-0.39, 0.29) is 0 Å². The quantitative estimate of drug-likeness (QED) is 0.325. The van der Waals surface area contributed by atoms with Crippen LogP contribution in [-0.4, -0.2) is 29.6 Å². The van der Waals surface area contributed by atoms with Crippen LogP contribution >= 0.6 is 0 Å². The molecule has 0 radical (unpaired) electrons. The van der Waals surface area contributed by atoms with Crippen molar-refractivity contribution in [2.24, 2.45) is 0 Å². The third kappa shape index (κ3) is 7.59. The third-order valence-corrected chi connectivity index (χ3v) is 4.49. The van der Waals surface area contributed by atoms with Gasteiger partial charge in [0.1, 0.15) is 6.17 Å². The molecule has 1 unspecified atom stereocenters. The number of nitrogens with zero attached hydrogens (tertiary/aromatic N) is 2. The van der Waals surface area contributed by atoms with E-state index in [1.165, 1.54) is 70.8 Å². The highest BCUT2D eigenvalue weighted by atomic mass is 15.4. The van der Waals surface area contributed by atoms with Crippen LogP contribution in [0, 0.1) is 0 Å². The second kappa shape index (κ2) is 11.7.